The van der Waals surface area contributed by atoms with Crippen LogP contribution in [0.4, 0.5) is 15.8 Å². The number of aryl methyl sites for hydroxylation is 1. The summed E-state index contributed by atoms with van der Waals surface area (Å²) in [5.41, 5.74) is 0.539. The van der Waals surface area contributed by atoms with Crippen LogP contribution in [0.1, 0.15) is 5.56 Å². The summed E-state index contributed by atoms with van der Waals surface area (Å²) in [5, 5.41) is 0.362. The molecule has 6 nitrogen and oxygen atoms in total. The average Bonchev–Trinajstić information content (AvgIpc) is 2.61. The molecular formula is C19H16ClFN2O4S2. The average molecular weight is 455 g/mol. The summed E-state index contributed by atoms with van der Waals surface area (Å²) < 4.78 is 68.4. The molecule has 0 saturated heterocycles. The quantitative estimate of drug-likeness (QED) is 0.577. The summed E-state index contributed by atoms with van der Waals surface area (Å²) in [6.45, 7) is 1.47. The number of hydrogen-bond donors (Lipinski definition) is 2. The van der Waals surface area contributed by atoms with Gasteiger partial charge in [0.05, 0.1) is 21.2 Å². The molecule has 0 bridgehead atoms. The molecule has 0 aliphatic heterocycles. The van der Waals surface area contributed by atoms with Crippen molar-refractivity contribution in [3.63, 3.8) is 0 Å². The highest BCUT2D eigenvalue weighted by Crippen LogP contribution is 2.24. The highest BCUT2D eigenvalue weighted by molar-refractivity contribution is 7.93. The summed E-state index contributed by atoms with van der Waals surface area (Å²) in [5.74, 6) is -0.554. The monoisotopic (exact) mass is 454 g/mol. The van der Waals surface area contributed by atoms with Gasteiger partial charge in [0.15, 0.2) is 0 Å². The van der Waals surface area contributed by atoms with E-state index in [1.807, 2.05) is 0 Å². The third-order valence-electron chi connectivity index (χ3n) is 3.90. The fraction of sp³-hybridized carbons (Fsp3) is 0.0526. The van der Waals surface area contributed by atoms with Crippen LogP contribution in [0.25, 0.3) is 0 Å². The summed E-state index contributed by atoms with van der Waals surface area (Å²) in [7, 11) is -8.02. The Labute approximate surface area is 173 Å². The van der Waals surface area contributed by atoms with Gasteiger partial charge in [-0.2, -0.15) is 0 Å². The summed E-state index contributed by atoms with van der Waals surface area (Å²) >= 11 is 5.86. The molecule has 3 rings (SSSR count). The van der Waals surface area contributed by atoms with Crippen LogP contribution >= 0.6 is 11.6 Å². The van der Waals surface area contributed by atoms with E-state index >= 15 is 0 Å². The zero-order chi connectivity index (χ0) is 21.2. The molecule has 29 heavy (non-hydrogen) atoms. The molecule has 0 amide bonds. The van der Waals surface area contributed by atoms with Crippen molar-refractivity contribution in [3.8, 4) is 0 Å². The Kier molecular flexibility index (Phi) is 5.83. The van der Waals surface area contributed by atoms with Crippen molar-refractivity contribution >= 4 is 43.0 Å². The minimum atomic E-state index is -4.04. The number of sulfonamides is 2. The summed E-state index contributed by atoms with van der Waals surface area (Å²) in [6, 6.07) is 14.8. The molecule has 152 valence electrons. The van der Waals surface area contributed by atoms with Crippen LogP contribution < -0.4 is 9.44 Å². The molecule has 3 aromatic rings. The second kappa shape index (κ2) is 8.02. The van der Waals surface area contributed by atoms with Gasteiger partial charge in [0.25, 0.3) is 20.0 Å². The number of benzene rings is 3. The lowest BCUT2D eigenvalue weighted by Gasteiger charge is -2.12. The van der Waals surface area contributed by atoms with E-state index in [1.165, 1.54) is 43.3 Å². The van der Waals surface area contributed by atoms with Gasteiger partial charge < -0.3 is 0 Å². The lowest BCUT2D eigenvalue weighted by Crippen LogP contribution is -2.16. The Morgan fingerprint density at radius 3 is 2.07 bits per heavy atom. The maximum Gasteiger partial charge on any atom is 0.262 e. The lowest BCUT2D eigenvalue weighted by atomic mass is 10.2. The molecule has 0 saturated carbocycles. The lowest BCUT2D eigenvalue weighted by molar-refractivity contribution is 0.597. The van der Waals surface area contributed by atoms with E-state index in [0.717, 1.165) is 18.2 Å². The first-order valence-electron chi connectivity index (χ1n) is 8.24. The molecule has 0 heterocycles. The minimum absolute atomic E-state index is 0.0442. The van der Waals surface area contributed by atoms with Gasteiger partial charge in [-0.1, -0.05) is 23.7 Å². The van der Waals surface area contributed by atoms with E-state index in [-0.39, 0.29) is 26.7 Å². The van der Waals surface area contributed by atoms with Gasteiger partial charge in [-0.05, 0) is 67.1 Å². The van der Waals surface area contributed by atoms with Gasteiger partial charge >= 0.3 is 0 Å². The zero-order valence-corrected chi connectivity index (χ0v) is 17.4. The maximum absolute atomic E-state index is 13.3. The standard InChI is InChI=1S/C19H16ClFN2O4S2/c1-13-10-15(21)8-9-19(13)29(26,27)23-17-6-3-7-18(12-17)28(24,25)22-16-5-2-4-14(20)11-16/h2-12,22-23H,1H3. The topological polar surface area (TPSA) is 92.3 Å². The molecule has 0 aromatic heterocycles. The van der Waals surface area contributed by atoms with Crippen LogP contribution in [0.15, 0.2) is 76.5 Å². The van der Waals surface area contributed by atoms with Crippen LogP contribution in [0.5, 0.6) is 0 Å². The van der Waals surface area contributed by atoms with E-state index in [0.29, 0.717) is 5.02 Å². The van der Waals surface area contributed by atoms with Crippen LogP contribution in [0.2, 0.25) is 5.02 Å². The van der Waals surface area contributed by atoms with Crippen molar-refractivity contribution in [2.45, 2.75) is 16.7 Å². The van der Waals surface area contributed by atoms with Crippen molar-refractivity contribution < 1.29 is 21.2 Å². The van der Waals surface area contributed by atoms with Crippen LogP contribution in [0, 0.1) is 12.7 Å². The van der Waals surface area contributed by atoms with E-state index in [2.05, 4.69) is 9.44 Å². The van der Waals surface area contributed by atoms with Gasteiger partial charge in [-0.25, -0.2) is 21.2 Å². The van der Waals surface area contributed by atoms with Gasteiger partial charge in [0, 0.05) is 5.02 Å². The third kappa shape index (κ3) is 5.06. The highest BCUT2D eigenvalue weighted by Gasteiger charge is 2.20. The number of hydrogen-bond acceptors (Lipinski definition) is 4. The van der Waals surface area contributed by atoms with Gasteiger partial charge in [-0.3, -0.25) is 9.44 Å². The van der Waals surface area contributed by atoms with E-state index in [1.54, 1.807) is 12.1 Å². The summed E-state index contributed by atoms with van der Waals surface area (Å²) in [4.78, 5) is -0.252. The molecule has 3 aromatic carbocycles. The molecule has 0 aliphatic rings. The second-order valence-electron chi connectivity index (χ2n) is 6.16. The van der Waals surface area contributed by atoms with Crippen LogP contribution in [-0.2, 0) is 20.0 Å². The molecule has 0 fully saturated rings. The fourth-order valence-corrected chi connectivity index (χ4v) is 5.18. The smallest absolute Gasteiger partial charge is 0.262 e. The Morgan fingerprint density at radius 2 is 1.41 bits per heavy atom. The van der Waals surface area contributed by atoms with E-state index < -0.39 is 25.9 Å². The van der Waals surface area contributed by atoms with Gasteiger partial charge in [0.2, 0.25) is 0 Å². The highest BCUT2D eigenvalue weighted by atomic mass is 35.5. The number of halogens is 2. The predicted molar refractivity (Wildman–Crippen MR) is 111 cm³/mol. The van der Waals surface area contributed by atoms with E-state index in [9.17, 15) is 21.2 Å². The number of anilines is 2. The van der Waals surface area contributed by atoms with Crippen molar-refractivity contribution in [1.82, 2.24) is 0 Å². The first-order chi connectivity index (χ1) is 13.6. The first kappa shape index (κ1) is 21.1. The molecule has 0 aliphatic carbocycles. The predicted octanol–water partition coefficient (Wildman–Crippen LogP) is 4.39. The molecule has 10 heteroatoms. The molecule has 0 atom stereocenters. The Morgan fingerprint density at radius 1 is 0.793 bits per heavy atom. The summed E-state index contributed by atoms with van der Waals surface area (Å²) in [6.07, 6.45) is 0. The Hall–Kier alpha value is -2.62. The molecule has 2 N–H and O–H groups in total. The number of nitrogens with one attached hydrogen (secondary N) is 2. The van der Waals surface area contributed by atoms with Gasteiger partial charge in [-0.15, -0.1) is 0 Å². The molecular weight excluding hydrogens is 439 g/mol. The third-order valence-corrected chi connectivity index (χ3v) is 7.06. The molecule has 0 unspecified atom stereocenters. The second-order valence-corrected chi connectivity index (χ2v) is 9.93. The van der Waals surface area contributed by atoms with Crippen molar-refractivity contribution in [1.29, 1.82) is 0 Å². The molecule has 0 radical (unpaired) electrons. The van der Waals surface area contributed by atoms with Crippen molar-refractivity contribution in [2.24, 2.45) is 0 Å². The maximum atomic E-state index is 13.3. The van der Waals surface area contributed by atoms with Crippen molar-refractivity contribution in [2.75, 3.05) is 9.44 Å². The molecule has 0 spiro atoms. The Bertz CT molecular complexity index is 1280. The van der Waals surface area contributed by atoms with Crippen molar-refractivity contribution in [3.05, 3.63) is 83.1 Å². The SMILES string of the molecule is Cc1cc(F)ccc1S(=O)(=O)Nc1cccc(S(=O)(=O)Nc2cccc(Cl)c2)c1. The normalized spacial score (nSPS) is 11.8. The zero-order valence-electron chi connectivity index (χ0n) is 15.1. The fourth-order valence-electron chi connectivity index (χ4n) is 2.62. The van der Waals surface area contributed by atoms with Gasteiger partial charge in [0.1, 0.15) is 5.82 Å². The van der Waals surface area contributed by atoms with Crippen LogP contribution in [-0.4, -0.2) is 16.8 Å². The Balaban J connectivity index is 1.89. The van der Waals surface area contributed by atoms with Crippen LogP contribution in [0.3, 0.4) is 0 Å². The van der Waals surface area contributed by atoms with E-state index in [4.69, 9.17) is 11.6 Å². The first-order valence-corrected chi connectivity index (χ1v) is 11.6. The number of rotatable bonds is 6. The largest absolute Gasteiger partial charge is 0.280 e. The minimum Gasteiger partial charge on any atom is -0.280 e.